The second-order valence-electron chi connectivity index (χ2n) is 11.0. The highest BCUT2D eigenvalue weighted by Crippen LogP contribution is 2.50. The molecular weight excluding hydrogens is 452 g/mol. The molecule has 7 nitrogen and oxygen atoms in total. The topological polar surface area (TPSA) is 91.6 Å². The van der Waals surface area contributed by atoms with Gasteiger partial charge < -0.3 is 19.8 Å². The van der Waals surface area contributed by atoms with Crippen molar-refractivity contribution < 1.29 is 14.9 Å². The molecule has 1 aliphatic heterocycles. The van der Waals surface area contributed by atoms with Crippen LogP contribution in [0.5, 0.6) is 5.88 Å². The van der Waals surface area contributed by atoms with Crippen LogP contribution in [0.4, 0.5) is 0 Å². The van der Waals surface area contributed by atoms with E-state index in [4.69, 9.17) is 4.74 Å². The van der Waals surface area contributed by atoms with Crippen LogP contribution >= 0.6 is 0 Å². The number of rotatable bonds is 9. The molecule has 2 unspecified atom stereocenters. The van der Waals surface area contributed by atoms with E-state index in [1.807, 2.05) is 24.3 Å². The van der Waals surface area contributed by atoms with Gasteiger partial charge in [0.15, 0.2) is 0 Å². The summed E-state index contributed by atoms with van der Waals surface area (Å²) in [6.45, 7) is 9.73. The van der Waals surface area contributed by atoms with E-state index in [9.17, 15) is 10.2 Å². The van der Waals surface area contributed by atoms with Crippen LogP contribution in [-0.2, 0) is 17.6 Å². The van der Waals surface area contributed by atoms with Crippen LogP contribution in [-0.4, -0.2) is 57.5 Å². The smallest absolute Gasteiger partial charge is 0.213 e. The molecule has 1 aromatic carbocycles. The summed E-state index contributed by atoms with van der Waals surface area (Å²) in [5.74, 6) is 0.875. The highest BCUT2D eigenvalue weighted by Gasteiger charge is 2.55. The third-order valence-electron chi connectivity index (χ3n) is 7.58. The van der Waals surface area contributed by atoms with Crippen molar-refractivity contribution in [3.63, 3.8) is 0 Å². The number of hydrogen-bond acceptors (Lipinski definition) is 7. The number of benzene rings is 1. The van der Waals surface area contributed by atoms with Crippen molar-refractivity contribution in [3.05, 3.63) is 82.8 Å². The molecule has 1 saturated heterocycles. The summed E-state index contributed by atoms with van der Waals surface area (Å²) in [5.41, 5.74) is 1.29. The van der Waals surface area contributed by atoms with Gasteiger partial charge in [-0.3, -0.25) is 0 Å². The first-order valence-electron chi connectivity index (χ1n) is 12.6. The summed E-state index contributed by atoms with van der Waals surface area (Å²) >= 11 is 0. The van der Waals surface area contributed by atoms with Gasteiger partial charge in [0.2, 0.25) is 5.88 Å². The van der Waals surface area contributed by atoms with E-state index in [0.717, 1.165) is 24.2 Å². The fourth-order valence-electron chi connectivity index (χ4n) is 5.41. The first-order chi connectivity index (χ1) is 17.0. The van der Waals surface area contributed by atoms with E-state index in [1.165, 1.54) is 5.56 Å². The van der Waals surface area contributed by atoms with Crippen LogP contribution in [0.25, 0.3) is 0 Å². The third kappa shape index (κ3) is 4.88. The Bertz CT molecular complexity index is 1190. The van der Waals surface area contributed by atoms with E-state index in [2.05, 4.69) is 60.0 Å². The van der Waals surface area contributed by atoms with Gasteiger partial charge in [0.05, 0.1) is 24.7 Å². The number of ether oxygens (including phenoxy) is 1. The summed E-state index contributed by atoms with van der Waals surface area (Å²) in [6.07, 6.45) is 2.55. The predicted octanol–water partition coefficient (Wildman–Crippen LogP) is 4.03. The van der Waals surface area contributed by atoms with Crippen LogP contribution < -0.4 is 4.74 Å². The lowest BCUT2D eigenvalue weighted by Crippen LogP contribution is -2.63. The number of pyridine rings is 1. The minimum Gasteiger partial charge on any atom is -0.481 e. The maximum Gasteiger partial charge on any atom is 0.213 e. The molecule has 2 N–H and O–H groups in total. The van der Waals surface area contributed by atoms with Gasteiger partial charge in [-0.15, -0.1) is 0 Å². The van der Waals surface area contributed by atoms with Gasteiger partial charge >= 0.3 is 0 Å². The van der Waals surface area contributed by atoms with Crippen LogP contribution in [0.1, 0.15) is 68.1 Å². The Morgan fingerprint density at radius 1 is 1.08 bits per heavy atom. The summed E-state index contributed by atoms with van der Waals surface area (Å²) in [7, 11) is 3.62. The molecule has 7 heteroatoms. The third-order valence-corrected chi connectivity index (χ3v) is 7.58. The predicted molar refractivity (Wildman–Crippen MR) is 140 cm³/mol. The van der Waals surface area contributed by atoms with Crippen molar-refractivity contribution >= 4 is 0 Å². The molecule has 192 valence electrons. The number of aryl methyl sites for hydroxylation is 1. The van der Waals surface area contributed by atoms with Gasteiger partial charge in [-0.05, 0) is 56.0 Å². The largest absolute Gasteiger partial charge is 0.481 e. The molecule has 0 saturated carbocycles. The molecular formula is C29H38N4O3. The molecule has 0 bridgehead atoms. The van der Waals surface area contributed by atoms with Crippen molar-refractivity contribution in [2.75, 3.05) is 27.2 Å². The SMILES string of the molecule is COc1cccc(C(C)(O)CCc2cc(C(O)(c3ccc(C(C)C)cc3)C3(C)CN(C)C3)cnn2)n1. The van der Waals surface area contributed by atoms with Gasteiger partial charge in [-0.1, -0.05) is 51.1 Å². The Labute approximate surface area is 214 Å². The van der Waals surface area contributed by atoms with Crippen molar-refractivity contribution in [1.82, 2.24) is 20.1 Å². The zero-order valence-corrected chi connectivity index (χ0v) is 22.2. The molecule has 2 aromatic heterocycles. The molecule has 0 amide bonds. The van der Waals surface area contributed by atoms with Crippen molar-refractivity contribution in [1.29, 1.82) is 0 Å². The fraction of sp³-hybridized carbons (Fsp3) is 0.483. The number of aliphatic hydroxyl groups is 2. The van der Waals surface area contributed by atoms with Crippen molar-refractivity contribution in [2.24, 2.45) is 5.41 Å². The van der Waals surface area contributed by atoms with Crippen LogP contribution in [0, 0.1) is 5.41 Å². The summed E-state index contributed by atoms with van der Waals surface area (Å²) in [6, 6.07) is 15.6. The van der Waals surface area contributed by atoms with E-state index in [1.54, 1.807) is 32.4 Å². The van der Waals surface area contributed by atoms with Gasteiger partial charge in [-0.2, -0.15) is 10.2 Å². The number of aromatic nitrogens is 3. The normalized spacial score (nSPS) is 18.8. The standard InChI is InChI=1S/C29H38N4O3/c1-20(2)21-10-12-22(13-11-21)29(35,27(3)18-33(5)19-27)23-16-24(32-30-17-23)14-15-28(4,34)25-8-7-9-26(31-25)36-6/h7-13,16-17,20,34-35H,14-15,18-19H2,1-6H3. The number of hydrogen-bond donors (Lipinski definition) is 2. The quantitative estimate of drug-likeness (QED) is 0.468. The Morgan fingerprint density at radius 3 is 2.39 bits per heavy atom. The van der Waals surface area contributed by atoms with E-state index >= 15 is 0 Å². The molecule has 3 aromatic rings. The maximum atomic E-state index is 12.4. The van der Waals surface area contributed by atoms with E-state index in [-0.39, 0.29) is 5.41 Å². The molecule has 4 rings (SSSR count). The second kappa shape index (κ2) is 9.88. The number of nitrogens with zero attached hydrogens (tertiary/aromatic N) is 4. The van der Waals surface area contributed by atoms with Crippen LogP contribution in [0.3, 0.4) is 0 Å². The highest BCUT2D eigenvalue weighted by atomic mass is 16.5. The molecule has 36 heavy (non-hydrogen) atoms. The molecule has 0 radical (unpaired) electrons. The average Bonchev–Trinajstić information content (AvgIpc) is 2.86. The maximum absolute atomic E-state index is 12.4. The van der Waals surface area contributed by atoms with Crippen molar-refractivity contribution in [3.8, 4) is 5.88 Å². The molecule has 1 fully saturated rings. The monoisotopic (exact) mass is 490 g/mol. The lowest BCUT2D eigenvalue weighted by atomic mass is 9.62. The van der Waals surface area contributed by atoms with Gasteiger partial charge in [-0.25, -0.2) is 4.98 Å². The average molecular weight is 491 g/mol. The molecule has 0 spiro atoms. The van der Waals surface area contributed by atoms with Gasteiger partial charge in [0.25, 0.3) is 0 Å². The lowest BCUT2D eigenvalue weighted by Gasteiger charge is -2.55. The van der Waals surface area contributed by atoms with Crippen LogP contribution in [0.2, 0.25) is 0 Å². The first-order valence-corrected chi connectivity index (χ1v) is 12.6. The molecule has 0 aliphatic carbocycles. The Hall–Kier alpha value is -2.87. The number of likely N-dealkylation sites (tertiary alicyclic amines) is 1. The summed E-state index contributed by atoms with van der Waals surface area (Å²) in [5, 5.41) is 32.1. The van der Waals surface area contributed by atoms with Crippen LogP contribution in [0.15, 0.2) is 54.7 Å². The van der Waals surface area contributed by atoms with E-state index < -0.39 is 11.2 Å². The molecule has 1 aliphatic rings. The Morgan fingerprint density at radius 2 is 1.78 bits per heavy atom. The zero-order chi connectivity index (χ0) is 26.1. The zero-order valence-electron chi connectivity index (χ0n) is 22.2. The fourth-order valence-corrected chi connectivity index (χ4v) is 5.41. The minimum absolute atomic E-state index is 0.378. The highest BCUT2D eigenvalue weighted by molar-refractivity contribution is 5.41. The van der Waals surface area contributed by atoms with Gasteiger partial charge in [0.1, 0.15) is 11.2 Å². The molecule has 3 heterocycles. The number of methoxy groups -OCH3 is 1. The minimum atomic E-state index is -1.23. The van der Waals surface area contributed by atoms with Gasteiger partial charge in [0, 0.05) is 30.1 Å². The molecule has 2 atom stereocenters. The van der Waals surface area contributed by atoms with E-state index in [0.29, 0.717) is 36.0 Å². The lowest BCUT2D eigenvalue weighted by molar-refractivity contribution is -0.127. The second-order valence-corrected chi connectivity index (χ2v) is 11.0. The first kappa shape index (κ1) is 26.2. The Balaban J connectivity index is 1.64. The van der Waals surface area contributed by atoms with Crippen molar-refractivity contribution in [2.45, 2.75) is 57.7 Å². The summed E-state index contributed by atoms with van der Waals surface area (Å²) < 4.78 is 5.21. The Kier molecular flexibility index (Phi) is 7.19. The summed E-state index contributed by atoms with van der Waals surface area (Å²) in [4.78, 5) is 6.61.